The number of anilines is 1. The van der Waals surface area contributed by atoms with Crippen molar-refractivity contribution < 1.29 is 0 Å². The molecule has 0 spiro atoms. The SMILES string of the molecule is N#Cc1cc(C#N)cc(-c2nc(N)nc3n[nH]nc23)c1. The highest BCUT2D eigenvalue weighted by Gasteiger charge is 2.13. The molecule has 3 rings (SSSR count). The Morgan fingerprint density at radius 2 is 1.70 bits per heavy atom. The molecule has 1 aromatic carbocycles. The van der Waals surface area contributed by atoms with E-state index in [2.05, 4.69) is 25.4 Å². The van der Waals surface area contributed by atoms with Gasteiger partial charge in [0.15, 0.2) is 5.52 Å². The van der Waals surface area contributed by atoms with Crippen LogP contribution in [0.3, 0.4) is 0 Å². The van der Waals surface area contributed by atoms with E-state index in [4.69, 9.17) is 16.3 Å². The topological polar surface area (TPSA) is 141 Å². The second-order valence-electron chi connectivity index (χ2n) is 3.95. The highest BCUT2D eigenvalue weighted by Crippen LogP contribution is 2.25. The smallest absolute Gasteiger partial charge is 0.222 e. The van der Waals surface area contributed by atoms with Gasteiger partial charge < -0.3 is 5.73 Å². The summed E-state index contributed by atoms with van der Waals surface area (Å²) in [5.74, 6) is 0.0438. The van der Waals surface area contributed by atoms with Crippen LogP contribution in [-0.2, 0) is 0 Å². The summed E-state index contributed by atoms with van der Waals surface area (Å²) in [5, 5.41) is 28.3. The second kappa shape index (κ2) is 4.30. The molecule has 0 unspecified atom stereocenters. The molecule has 2 heterocycles. The average Bonchev–Trinajstić information content (AvgIpc) is 2.93. The van der Waals surface area contributed by atoms with Gasteiger partial charge in [-0.05, 0) is 18.2 Å². The van der Waals surface area contributed by atoms with Crippen molar-refractivity contribution in [2.45, 2.75) is 0 Å². The molecule has 8 nitrogen and oxygen atoms in total. The van der Waals surface area contributed by atoms with Crippen LogP contribution in [0, 0.1) is 22.7 Å². The standard InChI is InChI=1S/C12H6N8/c13-4-6-1-7(5-14)3-8(2-6)9-10-11(19-20-18-10)17-12(15)16-9/h1-3H,(H3,15,16,17,18,19,20). The number of rotatable bonds is 1. The van der Waals surface area contributed by atoms with E-state index in [0.29, 0.717) is 33.5 Å². The number of nitrogens with zero attached hydrogens (tertiary/aromatic N) is 6. The van der Waals surface area contributed by atoms with Crippen molar-refractivity contribution >= 4 is 17.1 Å². The third kappa shape index (κ3) is 1.78. The number of benzene rings is 1. The first-order chi connectivity index (χ1) is 9.71. The van der Waals surface area contributed by atoms with E-state index >= 15 is 0 Å². The number of aromatic amines is 1. The molecule has 20 heavy (non-hydrogen) atoms. The molecule has 8 heteroatoms. The number of nitriles is 2. The van der Waals surface area contributed by atoms with Crippen molar-refractivity contribution in [3.63, 3.8) is 0 Å². The van der Waals surface area contributed by atoms with Crippen LogP contribution in [0.15, 0.2) is 18.2 Å². The molecule has 94 valence electrons. The van der Waals surface area contributed by atoms with Gasteiger partial charge in [-0.15, -0.1) is 5.10 Å². The van der Waals surface area contributed by atoms with Crippen molar-refractivity contribution in [3.05, 3.63) is 29.3 Å². The number of aromatic nitrogens is 5. The van der Waals surface area contributed by atoms with Crippen molar-refractivity contribution in [1.82, 2.24) is 25.4 Å². The maximum atomic E-state index is 9.01. The Morgan fingerprint density at radius 3 is 2.35 bits per heavy atom. The van der Waals surface area contributed by atoms with Gasteiger partial charge in [-0.1, -0.05) is 0 Å². The van der Waals surface area contributed by atoms with Crippen LogP contribution in [0.2, 0.25) is 0 Å². The zero-order valence-corrected chi connectivity index (χ0v) is 9.99. The number of nitrogen functional groups attached to an aromatic ring is 1. The number of hydrogen-bond donors (Lipinski definition) is 2. The molecule has 0 aliphatic rings. The first-order valence-corrected chi connectivity index (χ1v) is 5.51. The van der Waals surface area contributed by atoms with Crippen molar-refractivity contribution in [2.75, 3.05) is 5.73 Å². The van der Waals surface area contributed by atoms with Gasteiger partial charge in [0, 0.05) is 5.56 Å². The Hall–Kier alpha value is -3.52. The summed E-state index contributed by atoms with van der Waals surface area (Å²) in [6.07, 6.45) is 0. The van der Waals surface area contributed by atoms with Crippen LogP contribution in [0.4, 0.5) is 5.95 Å². The van der Waals surface area contributed by atoms with Crippen LogP contribution < -0.4 is 5.73 Å². The maximum Gasteiger partial charge on any atom is 0.222 e. The van der Waals surface area contributed by atoms with Gasteiger partial charge in [-0.25, -0.2) is 4.98 Å². The fraction of sp³-hybridized carbons (Fsp3) is 0. The maximum absolute atomic E-state index is 9.01. The normalized spacial score (nSPS) is 10.1. The molecule has 0 aliphatic carbocycles. The lowest BCUT2D eigenvalue weighted by Crippen LogP contribution is -1.98. The number of nitrogens with two attached hydrogens (primary N) is 1. The zero-order valence-electron chi connectivity index (χ0n) is 9.99. The lowest BCUT2D eigenvalue weighted by molar-refractivity contribution is 0.955. The average molecular weight is 262 g/mol. The van der Waals surface area contributed by atoms with Gasteiger partial charge in [0.05, 0.1) is 23.3 Å². The minimum absolute atomic E-state index is 0.0438. The van der Waals surface area contributed by atoms with Gasteiger partial charge in [0.1, 0.15) is 5.69 Å². The number of fused-ring (bicyclic) bond motifs is 1. The van der Waals surface area contributed by atoms with E-state index in [9.17, 15) is 0 Å². The second-order valence-corrected chi connectivity index (χ2v) is 3.95. The Balaban J connectivity index is 2.34. The van der Waals surface area contributed by atoms with Crippen molar-refractivity contribution in [2.24, 2.45) is 0 Å². The number of hydrogen-bond acceptors (Lipinski definition) is 7. The monoisotopic (exact) mass is 262 g/mol. The molecule has 2 aromatic heterocycles. The summed E-state index contributed by atoms with van der Waals surface area (Å²) < 4.78 is 0. The predicted molar refractivity (Wildman–Crippen MR) is 68.8 cm³/mol. The van der Waals surface area contributed by atoms with E-state index in [0.717, 1.165) is 0 Å². The lowest BCUT2D eigenvalue weighted by Gasteiger charge is -2.03. The summed E-state index contributed by atoms with van der Waals surface area (Å²) in [5.41, 5.74) is 8.08. The van der Waals surface area contributed by atoms with E-state index in [1.54, 1.807) is 12.1 Å². The molecule has 0 bridgehead atoms. The minimum Gasteiger partial charge on any atom is -0.368 e. The van der Waals surface area contributed by atoms with E-state index < -0.39 is 0 Å². The van der Waals surface area contributed by atoms with Gasteiger partial charge in [0.25, 0.3) is 0 Å². The van der Waals surface area contributed by atoms with Gasteiger partial charge in [-0.2, -0.15) is 25.8 Å². The molecule has 0 saturated carbocycles. The molecule has 0 atom stereocenters. The first kappa shape index (κ1) is 11.6. The Bertz CT molecular complexity index is 864. The van der Waals surface area contributed by atoms with Crippen molar-refractivity contribution in [1.29, 1.82) is 10.5 Å². The molecule has 0 aliphatic heterocycles. The van der Waals surface area contributed by atoms with Crippen LogP contribution in [0.5, 0.6) is 0 Å². The summed E-state index contributed by atoms with van der Waals surface area (Å²) in [4.78, 5) is 8.06. The van der Waals surface area contributed by atoms with Crippen molar-refractivity contribution in [3.8, 4) is 23.4 Å². The van der Waals surface area contributed by atoms with Gasteiger partial charge in [-0.3, -0.25) is 0 Å². The van der Waals surface area contributed by atoms with E-state index in [1.807, 2.05) is 12.1 Å². The lowest BCUT2D eigenvalue weighted by atomic mass is 10.0. The summed E-state index contributed by atoms with van der Waals surface area (Å²) in [6.45, 7) is 0. The van der Waals surface area contributed by atoms with Gasteiger partial charge >= 0.3 is 0 Å². The molecule has 0 saturated heterocycles. The molecule has 0 fully saturated rings. The molecule has 3 N–H and O–H groups in total. The fourth-order valence-electron chi connectivity index (χ4n) is 1.86. The summed E-state index contributed by atoms with van der Waals surface area (Å²) >= 11 is 0. The fourth-order valence-corrected chi connectivity index (χ4v) is 1.86. The van der Waals surface area contributed by atoms with Crippen LogP contribution in [0.25, 0.3) is 22.4 Å². The Morgan fingerprint density at radius 1 is 1.00 bits per heavy atom. The third-order valence-corrected chi connectivity index (χ3v) is 2.67. The number of H-pyrrole nitrogens is 1. The first-order valence-electron chi connectivity index (χ1n) is 5.51. The van der Waals surface area contributed by atoms with Crippen LogP contribution in [-0.4, -0.2) is 25.4 Å². The quantitative estimate of drug-likeness (QED) is 0.658. The minimum atomic E-state index is 0.0438. The molecule has 0 amide bonds. The van der Waals surface area contributed by atoms with Crippen LogP contribution >= 0.6 is 0 Å². The molecule has 0 radical (unpaired) electrons. The summed E-state index contributed by atoms with van der Waals surface area (Å²) in [7, 11) is 0. The van der Waals surface area contributed by atoms with E-state index in [1.165, 1.54) is 6.07 Å². The number of nitrogens with one attached hydrogen (secondary N) is 1. The summed E-state index contributed by atoms with van der Waals surface area (Å²) in [6, 6.07) is 8.71. The third-order valence-electron chi connectivity index (χ3n) is 2.67. The Labute approximate surface area is 112 Å². The van der Waals surface area contributed by atoms with Crippen LogP contribution in [0.1, 0.15) is 11.1 Å². The highest BCUT2D eigenvalue weighted by atomic mass is 15.3. The zero-order chi connectivity index (χ0) is 14.1. The molecular formula is C12H6N8. The van der Waals surface area contributed by atoms with E-state index in [-0.39, 0.29) is 5.95 Å². The predicted octanol–water partition coefficient (Wildman–Crippen LogP) is 0.740. The largest absolute Gasteiger partial charge is 0.368 e. The molecular weight excluding hydrogens is 256 g/mol. The van der Waals surface area contributed by atoms with Gasteiger partial charge in [0.2, 0.25) is 11.6 Å². The Kier molecular flexibility index (Phi) is 2.49. The molecule has 3 aromatic rings. The highest BCUT2D eigenvalue weighted by molar-refractivity contribution is 5.87.